The van der Waals surface area contributed by atoms with Gasteiger partial charge in [-0.3, -0.25) is 0 Å². The van der Waals surface area contributed by atoms with E-state index in [1.165, 1.54) is 19.4 Å². The average Bonchev–Trinajstić information content (AvgIpc) is 2.84. The first-order valence-electron chi connectivity index (χ1n) is 4.87. The standard InChI is InChI=1S/C10H16N2/c1-12-6-2-3-9(7-12)10(8-11)4-5-10/h9H,2-7H2,1H3. The number of hydrogen-bond acceptors (Lipinski definition) is 2. The summed E-state index contributed by atoms with van der Waals surface area (Å²) < 4.78 is 0. The lowest BCUT2D eigenvalue weighted by Crippen LogP contribution is -2.36. The molecule has 0 N–H and O–H groups in total. The number of nitrogens with zero attached hydrogens (tertiary/aromatic N) is 2. The predicted octanol–water partition coefficient (Wildman–Crippen LogP) is 1.63. The minimum Gasteiger partial charge on any atom is -0.306 e. The van der Waals surface area contributed by atoms with Gasteiger partial charge >= 0.3 is 0 Å². The van der Waals surface area contributed by atoms with Crippen molar-refractivity contribution < 1.29 is 0 Å². The number of piperidine rings is 1. The van der Waals surface area contributed by atoms with E-state index >= 15 is 0 Å². The van der Waals surface area contributed by atoms with Gasteiger partial charge in [0.2, 0.25) is 0 Å². The molecule has 0 aromatic carbocycles. The van der Waals surface area contributed by atoms with Crippen LogP contribution in [0.2, 0.25) is 0 Å². The molecule has 1 atom stereocenters. The maximum absolute atomic E-state index is 9.03. The average molecular weight is 164 g/mol. The highest BCUT2D eigenvalue weighted by Crippen LogP contribution is 2.53. The molecular weight excluding hydrogens is 148 g/mol. The van der Waals surface area contributed by atoms with Crippen LogP contribution < -0.4 is 0 Å². The molecule has 1 aliphatic heterocycles. The second kappa shape index (κ2) is 2.74. The molecule has 0 radical (unpaired) electrons. The molecule has 0 aromatic heterocycles. The van der Waals surface area contributed by atoms with Crippen LogP contribution >= 0.6 is 0 Å². The maximum atomic E-state index is 9.03. The van der Waals surface area contributed by atoms with Crippen LogP contribution in [0.25, 0.3) is 0 Å². The third-order valence-corrected chi connectivity index (χ3v) is 3.42. The van der Waals surface area contributed by atoms with Gasteiger partial charge in [0.25, 0.3) is 0 Å². The molecule has 2 nitrogen and oxygen atoms in total. The van der Waals surface area contributed by atoms with Gasteiger partial charge in [-0.05, 0) is 45.2 Å². The van der Waals surface area contributed by atoms with Crippen LogP contribution in [0, 0.1) is 22.7 Å². The second-order valence-electron chi connectivity index (χ2n) is 4.37. The molecule has 66 valence electrons. The Hall–Kier alpha value is -0.550. The number of rotatable bonds is 1. The Labute approximate surface area is 74.2 Å². The molecule has 12 heavy (non-hydrogen) atoms. The van der Waals surface area contributed by atoms with Gasteiger partial charge in [0.1, 0.15) is 0 Å². The van der Waals surface area contributed by atoms with E-state index in [9.17, 15) is 0 Å². The van der Waals surface area contributed by atoms with Gasteiger partial charge in [0.05, 0.1) is 11.5 Å². The van der Waals surface area contributed by atoms with E-state index in [2.05, 4.69) is 18.0 Å². The van der Waals surface area contributed by atoms with Gasteiger partial charge < -0.3 is 4.90 Å². The molecule has 0 aromatic rings. The lowest BCUT2D eigenvalue weighted by Gasteiger charge is -2.32. The largest absolute Gasteiger partial charge is 0.306 e. The lowest BCUT2D eigenvalue weighted by molar-refractivity contribution is 0.171. The summed E-state index contributed by atoms with van der Waals surface area (Å²) in [4.78, 5) is 2.37. The fourth-order valence-corrected chi connectivity index (χ4v) is 2.36. The Kier molecular flexibility index (Phi) is 1.84. The van der Waals surface area contributed by atoms with Crippen LogP contribution in [0.3, 0.4) is 0 Å². The van der Waals surface area contributed by atoms with E-state index in [1.807, 2.05) is 0 Å². The first-order valence-corrected chi connectivity index (χ1v) is 4.87. The fraction of sp³-hybridized carbons (Fsp3) is 0.900. The minimum atomic E-state index is 0.106. The molecule has 0 amide bonds. The highest BCUT2D eigenvalue weighted by Gasteiger charge is 2.50. The van der Waals surface area contributed by atoms with Crippen LogP contribution in [0.5, 0.6) is 0 Å². The Morgan fingerprint density at radius 2 is 2.25 bits per heavy atom. The molecule has 2 fully saturated rings. The van der Waals surface area contributed by atoms with Crippen molar-refractivity contribution in [2.45, 2.75) is 25.7 Å². The summed E-state index contributed by atoms with van der Waals surface area (Å²) in [6.45, 7) is 2.37. The Balaban J connectivity index is 2.00. The maximum Gasteiger partial charge on any atom is 0.0693 e. The summed E-state index contributed by atoms with van der Waals surface area (Å²) in [5.41, 5.74) is 0.106. The minimum absolute atomic E-state index is 0.106. The van der Waals surface area contributed by atoms with Crippen molar-refractivity contribution >= 4 is 0 Å². The number of hydrogen-bond donors (Lipinski definition) is 0. The zero-order valence-corrected chi connectivity index (χ0v) is 7.71. The van der Waals surface area contributed by atoms with E-state index in [-0.39, 0.29) is 5.41 Å². The van der Waals surface area contributed by atoms with Crippen LogP contribution in [0.1, 0.15) is 25.7 Å². The van der Waals surface area contributed by atoms with Gasteiger partial charge in [0, 0.05) is 6.54 Å². The molecule has 2 heteroatoms. The Morgan fingerprint density at radius 3 is 2.75 bits per heavy atom. The summed E-state index contributed by atoms with van der Waals surface area (Å²) in [7, 11) is 2.17. The quantitative estimate of drug-likeness (QED) is 0.589. The highest BCUT2D eigenvalue weighted by molar-refractivity contribution is 5.13. The topological polar surface area (TPSA) is 27.0 Å². The van der Waals surface area contributed by atoms with Crippen molar-refractivity contribution in [1.82, 2.24) is 4.90 Å². The normalized spacial score (nSPS) is 34.2. The van der Waals surface area contributed by atoms with Gasteiger partial charge in [-0.2, -0.15) is 5.26 Å². The third kappa shape index (κ3) is 1.23. The van der Waals surface area contributed by atoms with Crippen LogP contribution in [0.4, 0.5) is 0 Å². The van der Waals surface area contributed by atoms with Crippen LogP contribution in [-0.2, 0) is 0 Å². The summed E-state index contributed by atoms with van der Waals surface area (Å²) in [6, 6.07) is 2.52. The summed E-state index contributed by atoms with van der Waals surface area (Å²) in [6.07, 6.45) is 4.87. The molecule has 1 heterocycles. The van der Waals surface area contributed by atoms with E-state index in [1.54, 1.807) is 0 Å². The number of likely N-dealkylation sites (tertiary alicyclic amines) is 1. The molecule has 0 spiro atoms. The summed E-state index contributed by atoms with van der Waals surface area (Å²) >= 11 is 0. The highest BCUT2D eigenvalue weighted by atomic mass is 15.1. The monoisotopic (exact) mass is 164 g/mol. The van der Waals surface area contributed by atoms with Crippen molar-refractivity contribution in [2.24, 2.45) is 11.3 Å². The van der Waals surface area contributed by atoms with Crippen LogP contribution in [0.15, 0.2) is 0 Å². The van der Waals surface area contributed by atoms with E-state index in [4.69, 9.17) is 5.26 Å². The van der Waals surface area contributed by atoms with Gasteiger partial charge in [0.15, 0.2) is 0 Å². The van der Waals surface area contributed by atoms with Gasteiger partial charge in [-0.15, -0.1) is 0 Å². The van der Waals surface area contributed by atoms with Gasteiger partial charge in [-0.1, -0.05) is 0 Å². The first kappa shape index (κ1) is 8.07. The predicted molar refractivity (Wildman–Crippen MR) is 47.5 cm³/mol. The Bertz CT molecular complexity index is 212. The molecule has 1 saturated heterocycles. The zero-order chi connectivity index (χ0) is 8.60. The first-order chi connectivity index (χ1) is 5.77. The molecule has 2 aliphatic rings. The second-order valence-corrected chi connectivity index (χ2v) is 4.37. The van der Waals surface area contributed by atoms with E-state index in [0.717, 1.165) is 19.4 Å². The number of nitriles is 1. The molecular formula is C10H16N2. The SMILES string of the molecule is CN1CCCC(C2(C#N)CC2)C1. The van der Waals surface area contributed by atoms with Crippen molar-refractivity contribution in [3.05, 3.63) is 0 Å². The Morgan fingerprint density at radius 1 is 1.50 bits per heavy atom. The summed E-state index contributed by atoms with van der Waals surface area (Å²) in [5, 5.41) is 9.03. The fourth-order valence-electron chi connectivity index (χ4n) is 2.36. The summed E-state index contributed by atoms with van der Waals surface area (Å²) in [5.74, 6) is 0.668. The molecule has 1 unspecified atom stereocenters. The smallest absolute Gasteiger partial charge is 0.0693 e. The van der Waals surface area contributed by atoms with Gasteiger partial charge in [-0.25, -0.2) is 0 Å². The van der Waals surface area contributed by atoms with Crippen LogP contribution in [-0.4, -0.2) is 25.0 Å². The van der Waals surface area contributed by atoms with Crippen molar-refractivity contribution in [3.63, 3.8) is 0 Å². The third-order valence-electron chi connectivity index (χ3n) is 3.42. The molecule has 2 rings (SSSR count). The lowest BCUT2D eigenvalue weighted by atomic mass is 9.84. The van der Waals surface area contributed by atoms with E-state index in [0.29, 0.717) is 5.92 Å². The zero-order valence-electron chi connectivity index (χ0n) is 7.71. The molecule has 0 bridgehead atoms. The van der Waals surface area contributed by atoms with Crippen molar-refractivity contribution in [2.75, 3.05) is 20.1 Å². The van der Waals surface area contributed by atoms with Crippen molar-refractivity contribution in [1.29, 1.82) is 5.26 Å². The molecule has 1 saturated carbocycles. The molecule has 1 aliphatic carbocycles. The van der Waals surface area contributed by atoms with E-state index < -0.39 is 0 Å². The van der Waals surface area contributed by atoms with Crippen molar-refractivity contribution in [3.8, 4) is 6.07 Å².